The van der Waals surface area contributed by atoms with Gasteiger partial charge in [-0.2, -0.15) is 0 Å². The first-order chi connectivity index (χ1) is 12.5. The van der Waals surface area contributed by atoms with Crippen LogP contribution in [-0.4, -0.2) is 24.0 Å². The predicted octanol–water partition coefficient (Wildman–Crippen LogP) is 8.61. The summed E-state index contributed by atoms with van der Waals surface area (Å²) in [6.45, 7) is 12.9. The van der Waals surface area contributed by atoms with Gasteiger partial charge in [0.25, 0.3) is 0 Å². The Hall–Kier alpha value is -0.0400. The smallest absolute Gasteiger partial charge is 0.0175 e. The van der Waals surface area contributed by atoms with E-state index in [2.05, 4.69) is 46.6 Å². The Bertz CT molecular complexity index is 258. The van der Waals surface area contributed by atoms with E-state index in [0.29, 0.717) is 5.54 Å². The highest BCUT2D eigenvalue weighted by molar-refractivity contribution is 4.88. The highest BCUT2D eigenvalue weighted by Gasteiger charge is 2.32. The molecule has 0 N–H and O–H groups in total. The van der Waals surface area contributed by atoms with Crippen LogP contribution in [0.2, 0.25) is 0 Å². The molecular weight excluding hydrogens is 314 g/mol. The van der Waals surface area contributed by atoms with Crippen molar-refractivity contribution in [3.05, 3.63) is 0 Å². The van der Waals surface area contributed by atoms with Crippen LogP contribution in [-0.2, 0) is 0 Å². The lowest BCUT2D eigenvalue weighted by Gasteiger charge is -2.44. The highest BCUT2D eigenvalue weighted by atomic mass is 15.2. The SMILES string of the molecule is CC1CCCN(C)C1(C)C.CCCCCCCCCCCCCCCC. The molecule has 158 valence electrons. The van der Waals surface area contributed by atoms with Crippen molar-refractivity contribution in [2.75, 3.05) is 13.6 Å². The molecule has 1 unspecified atom stereocenters. The van der Waals surface area contributed by atoms with Crippen molar-refractivity contribution in [1.29, 1.82) is 0 Å². The standard InChI is InChI=1S/C16H34.C9H19N/c1-3-5-7-9-11-13-15-16-14-12-10-8-6-4-2;1-8-6-5-7-10(4)9(8,2)3/h3-16H2,1-2H3;8H,5-7H2,1-4H3. The van der Waals surface area contributed by atoms with Crippen molar-refractivity contribution in [3.63, 3.8) is 0 Å². The Kier molecular flexibility index (Phi) is 17.1. The van der Waals surface area contributed by atoms with Crippen molar-refractivity contribution < 1.29 is 0 Å². The largest absolute Gasteiger partial charge is 0.301 e. The first-order valence-corrected chi connectivity index (χ1v) is 12.2. The Morgan fingerprint density at radius 2 is 1.04 bits per heavy atom. The van der Waals surface area contributed by atoms with Gasteiger partial charge in [-0.25, -0.2) is 0 Å². The van der Waals surface area contributed by atoms with Gasteiger partial charge in [0.1, 0.15) is 0 Å². The van der Waals surface area contributed by atoms with Gasteiger partial charge in [-0.05, 0) is 46.2 Å². The lowest BCUT2D eigenvalue weighted by molar-refractivity contribution is 0.0547. The molecule has 0 aromatic rings. The average molecular weight is 368 g/mol. The van der Waals surface area contributed by atoms with Crippen LogP contribution < -0.4 is 0 Å². The molecule has 1 fully saturated rings. The number of rotatable bonds is 13. The zero-order valence-corrected chi connectivity index (χ0v) is 19.5. The molecule has 1 atom stereocenters. The maximum atomic E-state index is 2.47. The molecule has 1 nitrogen and oxygen atoms in total. The fraction of sp³-hybridized carbons (Fsp3) is 1.00. The zero-order valence-electron chi connectivity index (χ0n) is 19.5. The van der Waals surface area contributed by atoms with E-state index in [-0.39, 0.29) is 0 Å². The van der Waals surface area contributed by atoms with Gasteiger partial charge in [0.05, 0.1) is 0 Å². The summed E-state index contributed by atoms with van der Waals surface area (Å²) in [6, 6.07) is 0. The number of likely N-dealkylation sites (tertiary alicyclic amines) is 1. The molecule has 0 aliphatic carbocycles. The first kappa shape index (κ1) is 26.0. The van der Waals surface area contributed by atoms with E-state index in [9.17, 15) is 0 Å². The minimum atomic E-state index is 0.429. The van der Waals surface area contributed by atoms with E-state index in [0.717, 1.165) is 5.92 Å². The minimum Gasteiger partial charge on any atom is -0.301 e. The second-order valence-electron chi connectivity index (χ2n) is 9.36. The van der Waals surface area contributed by atoms with Crippen LogP contribution >= 0.6 is 0 Å². The van der Waals surface area contributed by atoms with E-state index in [1.54, 1.807) is 0 Å². The summed E-state index contributed by atoms with van der Waals surface area (Å²) in [4.78, 5) is 2.47. The Balaban J connectivity index is 0.000000531. The maximum Gasteiger partial charge on any atom is 0.0175 e. The molecule has 0 aromatic heterocycles. The van der Waals surface area contributed by atoms with Gasteiger partial charge < -0.3 is 4.90 Å². The molecule has 1 aliphatic heterocycles. The molecule has 1 saturated heterocycles. The number of nitrogens with zero attached hydrogens (tertiary/aromatic N) is 1. The molecule has 0 spiro atoms. The van der Waals surface area contributed by atoms with Gasteiger partial charge in [-0.3, -0.25) is 0 Å². The van der Waals surface area contributed by atoms with E-state index in [1.807, 2.05) is 0 Å². The third-order valence-corrected chi connectivity index (χ3v) is 6.78. The third-order valence-electron chi connectivity index (χ3n) is 6.78. The number of piperidine rings is 1. The first-order valence-electron chi connectivity index (χ1n) is 12.2. The summed E-state index contributed by atoms with van der Waals surface area (Å²) in [7, 11) is 2.23. The van der Waals surface area contributed by atoms with Crippen LogP contribution in [0.5, 0.6) is 0 Å². The van der Waals surface area contributed by atoms with Gasteiger partial charge in [0, 0.05) is 5.54 Å². The second kappa shape index (κ2) is 17.1. The van der Waals surface area contributed by atoms with Crippen LogP contribution in [0.15, 0.2) is 0 Å². The monoisotopic (exact) mass is 367 g/mol. The lowest BCUT2D eigenvalue weighted by atomic mass is 9.81. The average Bonchev–Trinajstić information content (AvgIpc) is 2.62. The molecule has 0 bridgehead atoms. The van der Waals surface area contributed by atoms with Gasteiger partial charge in [0.2, 0.25) is 0 Å². The molecule has 0 aromatic carbocycles. The van der Waals surface area contributed by atoms with Crippen molar-refractivity contribution in [1.82, 2.24) is 4.90 Å². The van der Waals surface area contributed by atoms with E-state index in [4.69, 9.17) is 0 Å². The topological polar surface area (TPSA) is 3.24 Å². The molecule has 1 heterocycles. The third kappa shape index (κ3) is 13.2. The van der Waals surface area contributed by atoms with E-state index >= 15 is 0 Å². The molecule has 1 heteroatoms. The van der Waals surface area contributed by atoms with Crippen LogP contribution in [0.25, 0.3) is 0 Å². The van der Waals surface area contributed by atoms with Crippen molar-refractivity contribution in [2.45, 2.75) is 143 Å². The summed E-state index contributed by atoms with van der Waals surface area (Å²) in [6.07, 6.45) is 23.2. The normalized spacial score (nSPS) is 19.8. The molecule has 0 amide bonds. The Morgan fingerprint density at radius 3 is 1.31 bits per heavy atom. The quantitative estimate of drug-likeness (QED) is 0.294. The molecule has 1 aliphatic rings. The number of unbranched alkanes of at least 4 members (excludes halogenated alkanes) is 13. The fourth-order valence-electron chi connectivity index (χ4n) is 3.92. The molecule has 1 rings (SSSR count). The van der Waals surface area contributed by atoms with Gasteiger partial charge in [-0.15, -0.1) is 0 Å². The highest BCUT2D eigenvalue weighted by Crippen LogP contribution is 2.31. The number of hydrogen-bond acceptors (Lipinski definition) is 1. The molecule has 26 heavy (non-hydrogen) atoms. The Labute approximate surface area is 167 Å². The van der Waals surface area contributed by atoms with Gasteiger partial charge in [-0.1, -0.05) is 111 Å². The zero-order chi connectivity index (χ0) is 19.7. The summed E-state index contributed by atoms with van der Waals surface area (Å²) in [5.74, 6) is 0.853. The van der Waals surface area contributed by atoms with Crippen molar-refractivity contribution >= 4 is 0 Å². The summed E-state index contributed by atoms with van der Waals surface area (Å²) in [5, 5.41) is 0. The molecule has 0 radical (unpaired) electrons. The second-order valence-corrected chi connectivity index (χ2v) is 9.36. The van der Waals surface area contributed by atoms with E-state index in [1.165, 1.54) is 109 Å². The fourth-order valence-corrected chi connectivity index (χ4v) is 3.92. The minimum absolute atomic E-state index is 0.429. The van der Waals surface area contributed by atoms with Crippen molar-refractivity contribution in [2.24, 2.45) is 5.92 Å². The summed E-state index contributed by atoms with van der Waals surface area (Å²) >= 11 is 0. The molecular formula is C25H53N. The van der Waals surface area contributed by atoms with E-state index < -0.39 is 0 Å². The maximum absolute atomic E-state index is 2.47. The van der Waals surface area contributed by atoms with Crippen LogP contribution in [0.1, 0.15) is 137 Å². The summed E-state index contributed by atoms with van der Waals surface area (Å²) < 4.78 is 0. The lowest BCUT2D eigenvalue weighted by Crippen LogP contribution is -2.49. The Morgan fingerprint density at radius 1 is 0.692 bits per heavy atom. The molecule has 0 saturated carbocycles. The predicted molar refractivity (Wildman–Crippen MR) is 121 cm³/mol. The van der Waals surface area contributed by atoms with Crippen LogP contribution in [0.4, 0.5) is 0 Å². The van der Waals surface area contributed by atoms with Gasteiger partial charge in [0.15, 0.2) is 0 Å². The van der Waals surface area contributed by atoms with Crippen LogP contribution in [0.3, 0.4) is 0 Å². The van der Waals surface area contributed by atoms with Crippen LogP contribution in [0, 0.1) is 5.92 Å². The summed E-state index contributed by atoms with van der Waals surface area (Å²) in [5.41, 5.74) is 0.429. The van der Waals surface area contributed by atoms with Gasteiger partial charge >= 0.3 is 0 Å². The number of hydrogen-bond donors (Lipinski definition) is 0. The van der Waals surface area contributed by atoms with Crippen molar-refractivity contribution in [3.8, 4) is 0 Å².